The van der Waals surface area contributed by atoms with Gasteiger partial charge in [-0.05, 0) is 32.0 Å². The van der Waals surface area contributed by atoms with Crippen molar-refractivity contribution in [3.63, 3.8) is 0 Å². The van der Waals surface area contributed by atoms with Gasteiger partial charge in [-0.15, -0.1) is 0 Å². The van der Waals surface area contributed by atoms with Gasteiger partial charge in [0, 0.05) is 18.8 Å². The van der Waals surface area contributed by atoms with Gasteiger partial charge in [0.1, 0.15) is 5.82 Å². The number of halogens is 1. The molecular weight excluding hydrogens is 241 g/mol. The van der Waals surface area contributed by atoms with Crippen molar-refractivity contribution in [1.82, 2.24) is 15.1 Å². The summed E-state index contributed by atoms with van der Waals surface area (Å²) in [5.41, 5.74) is 2.56. The summed E-state index contributed by atoms with van der Waals surface area (Å²) in [5, 5.41) is 7.77. The molecule has 2 rings (SSSR count). The van der Waals surface area contributed by atoms with E-state index >= 15 is 0 Å². The topological polar surface area (TPSA) is 29.9 Å². The minimum Gasteiger partial charge on any atom is -0.305 e. The van der Waals surface area contributed by atoms with Crippen molar-refractivity contribution in [2.75, 3.05) is 6.54 Å². The van der Waals surface area contributed by atoms with E-state index in [9.17, 15) is 4.39 Å². The van der Waals surface area contributed by atoms with Crippen LogP contribution in [0.2, 0.25) is 0 Å². The van der Waals surface area contributed by atoms with E-state index < -0.39 is 0 Å². The van der Waals surface area contributed by atoms with Crippen molar-refractivity contribution in [3.8, 4) is 0 Å². The molecule has 1 atom stereocenters. The van der Waals surface area contributed by atoms with Gasteiger partial charge in [0.05, 0.1) is 11.7 Å². The molecule has 1 heterocycles. The molecule has 0 saturated heterocycles. The van der Waals surface area contributed by atoms with E-state index in [0.717, 1.165) is 24.2 Å². The van der Waals surface area contributed by atoms with Crippen molar-refractivity contribution in [2.45, 2.75) is 26.3 Å². The van der Waals surface area contributed by atoms with E-state index in [2.05, 4.69) is 17.3 Å². The first kappa shape index (κ1) is 13.7. The van der Waals surface area contributed by atoms with Crippen LogP contribution in [0.4, 0.5) is 4.39 Å². The lowest BCUT2D eigenvalue weighted by atomic mass is 10.0. The number of aryl methyl sites for hydroxylation is 2. The van der Waals surface area contributed by atoms with Gasteiger partial charge in [-0.2, -0.15) is 5.10 Å². The first-order valence-electron chi connectivity index (χ1n) is 6.60. The molecule has 4 heteroatoms. The first-order chi connectivity index (χ1) is 9.11. The maximum Gasteiger partial charge on any atom is 0.128 e. The van der Waals surface area contributed by atoms with Crippen molar-refractivity contribution in [3.05, 3.63) is 53.1 Å². The van der Waals surface area contributed by atoms with E-state index in [-0.39, 0.29) is 11.9 Å². The standard InChI is InChI=1S/C15H20FN3/c1-4-8-17-15(14-7-9-19(3)18-14)12-10-11(2)5-6-13(12)16/h5-7,9-10,15,17H,4,8H2,1-3H3. The van der Waals surface area contributed by atoms with Gasteiger partial charge >= 0.3 is 0 Å². The predicted molar refractivity (Wildman–Crippen MR) is 74.5 cm³/mol. The predicted octanol–water partition coefficient (Wildman–Crippen LogP) is 2.96. The second-order valence-corrected chi connectivity index (χ2v) is 4.83. The highest BCUT2D eigenvalue weighted by Gasteiger charge is 2.19. The molecule has 0 aliphatic carbocycles. The normalized spacial score (nSPS) is 12.6. The minimum atomic E-state index is -0.193. The summed E-state index contributed by atoms with van der Waals surface area (Å²) in [6.45, 7) is 4.89. The average Bonchev–Trinajstić information content (AvgIpc) is 2.80. The molecule has 1 N–H and O–H groups in total. The molecule has 1 aromatic carbocycles. The maximum atomic E-state index is 14.1. The van der Waals surface area contributed by atoms with Crippen molar-refractivity contribution in [2.24, 2.45) is 7.05 Å². The number of nitrogens with zero attached hydrogens (tertiary/aromatic N) is 2. The van der Waals surface area contributed by atoms with Gasteiger partial charge in [-0.25, -0.2) is 4.39 Å². The third-order valence-corrected chi connectivity index (χ3v) is 3.09. The van der Waals surface area contributed by atoms with Gasteiger partial charge in [-0.1, -0.05) is 24.6 Å². The molecule has 19 heavy (non-hydrogen) atoms. The summed E-state index contributed by atoms with van der Waals surface area (Å²) < 4.78 is 15.8. The summed E-state index contributed by atoms with van der Waals surface area (Å²) in [7, 11) is 1.87. The highest BCUT2D eigenvalue weighted by atomic mass is 19.1. The van der Waals surface area contributed by atoms with Gasteiger partial charge < -0.3 is 5.32 Å². The Morgan fingerprint density at radius 2 is 2.16 bits per heavy atom. The fraction of sp³-hybridized carbons (Fsp3) is 0.400. The SMILES string of the molecule is CCCNC(c1ccn(C)n1)c1cc(C)ccc1F. The lowest BCUT2D eigenvalue weighted by Gasteiger charge is -2.18. The Labute approximate surface area is 113 Å². The van der Waals surface area contributed by atoms with Gasteiger partial charge in [0.25, 0.3) is 0 Å². The number of hydrogen-bond acceptors (Lipinski definition) is 2. The summed E-state index contributed by atoms with van der Waals surface area (Å²) in [6.07, 6.45) is 2.88. The smallest absolute Gasteiger partial charge is 0.128 e. The van der Waals surface area contributed by atoms with Crippen molar-refractivity contribution in [1.29, 1.82) is 0 Å². The molecular formula is C15H20FN3. The molecule has 0 radical (unpaired) electrons. The Bertz CT molecular complexity index is 548. The molecule has 0 aliphatic rings. The van der Waals surface area contributed by atoms with Crippen LogP contribution in [0.25, 0.3) is 0 Å². The molecule has 1 aromatic heterocycles. The van der Waals surface area contributed by atoms with Crippen molar-refractivity contribution >= 4 is 0 Å². The largest absolute Gasteiger partial charge is 0.305 e. The summed E-state index contributed by atoms with van der Waals surface area (Å²) in [5.74, 6) is -0.190. The second-order valence-electron chi connectivity index (χ2n) is 4.83. The van der Waals surface area contributed by atoms with E-state index in [1.54, 1.807) is 10.7 Å². The van der Waals surface area contributed by atoms with Crippen LogP contribution in [0.1, 0.15) is 36.2 Å². The Morgan fingerprint density at radius 3 is 2.79 bits per heavy atom. The Balaban J connectivity index is 2.39. The molecule has 2 aromatic rings. The van der Waals surface area contributed by atoms with Crippen LogP contribution in [-0.4, -0.2) is 16.3 Å². The van der Waals surface area contributed by atoms with Crippen LogP contribution in [0.5, 0.6) is 0 Å². The van der Waals surface area contributed by atoms with E-state index in [1.165, 1.54) is 6.07 Å². The highest BCUT2D eigenvalue weighted by molar-refractivity contribution is 5.32. The Morgan fingerprint density at radius 1 is 1.37 bits per heavy atom. The number of benzene rings is 1. The fourth-order valence-corrected chi connectivity index (χ4v) is 2.13. The molecule has 102 valence electrons. The average molecular weight is 261 g/mol. The van der Waals surface area contributed by atoms with Crippen LogP contribution >= 0.6 is 0 Å². The van der Waals surface area contributed by atoms with E-state index in [0.29, 0.717) is 5.56 Å². The molecule has 0 fully saturated rings. The maximum absolute atomic E-state index is 14.1. The van der Waals surface area contributed by atoms with E-state index in [1.807, 2.05) is 32.3 Å². The zero-order valence-corrected chi connectivity index (χ0v) is 11.7. The highest BCUT2D eigenvalue weighted by Crippen LogP contribution is 2.24. The number of nitrogens with one attached hydrogen (secondary N) is 1. The fourth-order valence-electron chi connectivity index (χ4n) is 2.13. The van der Waals surface area contributed by atoms with Gasteiger partial charge in [0.2, 0.25) is 0 Å². The van der Waals surface area contributed by atoms with Crippen LogP contribution < -0.4 is 5.32 Å². The summed E-state index contributed by atoms with van der Waals surface area (Å²) >= 11 is 0. The summed E-state index contributed by atoms with van der Waals surface area (Å²) in [4.78, 5) is 0. The third-order valence-electron chi connectivity index (χ3n) is 3.09. The number of aromatic nitrogens is 2. The van der Waals surface area contributed by atoms with E-state index in [4.69, 9.17) is 0 Å². The Kier molecular flexibility index (Phi) is 4.32. The molecule has 0 aliphatic heterocycles. The lowest BCUT2D eigenvalue weighted by Crippen LogP contribution is -2.24. The van der Waals surface area contributed by atoms with Gasteiger partial charge in [-0.3, -0.25) is 4.68 Å². The quantitative estimate of drug-likeness (QED) is 0.896. The van der Waals surface area contributed by atoms with Crippen molar-refractivity contribution < 1.29 is 4.39 Å². The van der Waals surface area contributed by atoms with Crippen LogP contribution in [0.3, 0.4) is 0 Å². The second kappa shape index (κ2) is 5.97. The first-order valence-corrected chi connectivity index (χ1v) is 6.60. The number of hydrogen-bond donors (Lipinski definition) is 1. The molecule has 3 nitrogen and oxygen atoms in total. The molecule has 0 amide bonds. The number of rotatable bonds is 5. The molecule has 1 unspecified atom stereocenters. The lowest BCUT2D eigenvalue weighted by molar-refractivity contribution is 0.533. The zero-order chi connectivity index (χ0) is 13.8. The Hall–Kier alpha value is -1.68. The van der Waals surface area contributed by atoms with Crippen LogP contribution in [0.15, 0.2) is 30.5 Å². The molecule has 0 saturated carbocycles. The minimum absolute atomic E-state index is 0.190. The third kappa shape index (κ3) is 3.20. The van der Waals surface area contributed by atoms with Gasteiger partial charge in [0.15, 0.2) is 0 Å². The molecule has 0 spiro atoms. The molecule has 0 bridgehead atoms. The van der Waals surface area contributed by atoms with Crippen LogP contribution in [-0.2, 0) is 7.05 Å². The summed E-state index contributed by atoms with van der Waals surface area (Å²) in [6, 6.07) is 6.93. The zero-order valence-electron chi connectivity index (χ0n) is 11.7. The monoisotopic (exact) mass is 261 g/mol. The van der Waals surface area contributed by atoms with Crippen LogP contribution in [0, 0.1) is 12.7 Å².